The highest BCUT2D eigenvalue weighted by molar-refractivity contribution is 6.01. The van der Waals surface area contributed by atoms with Gasteiger partial charge in [0.2, 0.25) is 17.7 Å². The van der Waals surface area contributed by atoms with E-state index in [-0.39, 0.29) is 5.91 Å². The Morgan fingerprint density at radius 2 is 1.83 bits per heavy atom. The first-order chi connectivity index (χ1) is 20.7. The van der Waals surface area contributed by atoms with Crippen molar-refractivity contribution < 1.29 is 13.9 Å². The molecule has 7 nitrogen and oxygen atoms in total. The van der Waals surface area contributed by atoms with Crippen LogP contribution < -0.4 is 10.1 Å². The van der Waals surface area contributed by atoms with Crippen molar-refractivity contribution in [3.05, 3.63) is 102 Å². The van der Waals surface area contributed by atoms with Gasteiger partial charge in [0.05, 0.1) is 10.9 Å². The van der Waals surface area contributed by atoms with Crippen LogP contribution in [0.4, 0.5) is 4.39 Å². The van der Waals surface area contributed by atoms with E-state index in [2.05, 4.69) is 44.8 Å². The van der Waals surface area contributed by atoms with Crippen LogP contribution in [0.1, 0.15) is 48.8 Å². The lowest BCUT2D eigenvalue weighted by Crippen LogP contribution is -2.26. The van der Waals surface area contributed by atoms with Crippen molar-refractivity contribution in [3.8, 4) is 5.88 Å². The molecule has 1 aliphatic heterocycles. The smallest absolute Gasteiger partial charge is 0.246 e. The summed E-state index contributed by atoms with van der Waals surface area (Å²) in [7, 11) is 0. The van der Waals surface area contributed by atoms with Crippen LogP contribution in [0.25, 0.3) is 22.0 Å². The van der Waals surface area contributed by atoms with E-state index in [1.54, 1.807) is 6.08 Å². The first kappa shape index (κ1) is 27.8. The summed E-state index contributed by atoms with van der Waals surface area (Å²) >= 11 is 0. The lowest BCUT2D eigenvalue weighted by atomic mass is 9.73. The molecule has 0 unspecified atom stereocenters. The van der Waals surface area contributed by atoms with Crippen LogP contribution >= 0.6 is 0 Å². The van der Waals surface area contributed by atoms with Gasteiger partial charge >= 0.3 is 0 Å². The van der Waals surface area contributed by atoms with Gasteiger partial charge in [-0.3, -0.25) is 9.89 Å². The summed E-state index contributed by atoms with van der Waals surface area (Å²) in [5.41, 5.74) is 5.99. The van der Waals surface area contributed by atoms with Crippen molar-refractivity contribution in [1.82, 2.24) is 25.4 Å². The van der Waals surface area contributed by atoms with Crippen molar-refractivity contribution in [2.75, 3.05) is 32.8 Å². The highest BCUT2D eigenvalue weighted by Gasteiger charge is 2.27. The van der Waals surface area contributed by atoms with Gasteiger partial charge in [0.25, 0.3) is 0 Å². The van der Waals surface area contributed by atoms with Gasteiger partial charge in [0.15, 0.2) is 0 Å². The standard InChI is InChI=1S/C34H36FN5O2/c35-34-28-22-26(13-15-29(28)38-39-34)33(32(25-10-6-11-25)24-8-2-1-3-9-24)27-14-16-30(37-23-27)42-21-18-36-17-7-12-31(41)40-19-4-5-20-40/h1-3,7-9,12-16,22-23,25,36H,4-6,10-11,17-21H2,(H,38,39)/b12-7+,33-32+. The van der Waals surface area contributed by atoms with Gasteiger partial charge in [-0.15, -0.1) is 0 Å². The summed E-state index contributed by atoms with van der Waals surface area (Å²) in [6, 6.07) is 20.2. The van der Waals surface area contributed by atoms with Gasteiger partial charge < -0.3 is 15.0 Å². The number of fused-ring (bicyclic) bond motifs is 1. The van der Waals surface area contributed by atoms with Gasteiger partial charge in [-0.1, -0.05) is 48.9 Å². The number of halogens is 1. The Morgan fingerprint density at radius 3 is 2.57 bits per heavy atom. The average molecular weight is 566 g/mol. The molecule has 0 atom stereocenters. The van der Waals surface area contributed by atoms with Gasteiger partial charge in [0.1, 0.15) is 6.61 Å². The summed E-state index contributed by atoms with van der Waals surface area (Å²) in [4.78, 5) is 18.6. The average Bonchev–Trinajstić information content (AvgIpc) is 3.67. The molecule has 2 fully saturated rings. The summed E-state index contributed by atoms with van der Waals surface area (Å²) < 4.78 is 20.4. The fraction of sp³-hybridized carbons (Fsp3) is 0.324. The molecule has 42 heavy (non-hydrogen) atoms. The molecule has 1 amide bonds. The molecule has 1 aliphatic carbocycles. The number of ether oxygens (including phenoxy) is 1. The normalized spacial score (nSPS) is 16.2. The Bertz CT molecular complexity index is 1570. The van der Waals surface area contributed by atoms with Crippen LogP contribution in [0, 0.1) is 11.9 Å². The zero-order chi connectivity index (χ0) is 28.7. The third-order valence-corrected chi connectivity index (χ3v) is 8.16. The Labute approximate surface area is 245 Å². The number of likely N-dealkylation sites (tertiary alicyclic amines) is 1. The van der Waals surface area contributed by atoms with Crippen LogP contribution in [0.15, 0.2) is 79.0 Å². The molecule has 216 valence electrons. The number of amides is 1. The summed E-state index contributed by atoms with van der Waals surface area (Å²) in [5.74, 6) is 0.626. The molecular weight excluding hydrogens is 529 g/mol. The lowest BCUT2D eigenvalue weighted by Gasteiger charge is -2.31. The topological polar surface area (TPSA) is 83.1 Å². The van der Waals surface area contributed by atoms with E-state index in [0.717, 1.165) is 55.5 Å². The number of nitrogens with one attached hydrogen (secondary N) is 2. The second kappa shape index (κ2) is 13.1. The quantitative estimate of drug-likeness (QED) is 0.132. The summed E-state index contributed by atoms with van der Waals surface area (Å²) in [5, 5.41) is 10.3. The molecule has 2 aromatic heterocycles. The van der Waals surface area contributed by atoms with Crippen molar-refractivity contribution in [2.24, 2.45) is 5.92 Å². The SMILES string of the molecule is O=C(/C=C/CNCCOc1ccc(/C(=C(\c2ccccc2)C2CCC2)c2ccc3n[nH]c(F)c3c2)cn1)N1CCCC1. The second-order valence-electron chi connectivity index (χ2n) is 10.9. The van der Waals surface area contributed by atoms with Crippen LogP contribution in [0.2, 0.25) is 0 Å². The number of carbonyl (C=O) groups excluding carboxylic acids is 1. The third kappa shape index (κ3) is 6.29. The molecule has 6 rings (SSSR count). The zero-order valence-electron chi connectivity index (χ0n) is 23.7. The van der Waals surface area contributed by atoms with Gasteiger partial charge in [-0.2, -0.15) is 9.49 Å². The minimum atomic E-state index is -0.430. The Hall–Kier alpha value is -4.30. The predicted octanol–water partition coefficient (Wildman–Crippen LogP) is 6.00. The maximum absolute atomic E-state index is 14.5. The number of rotatable bonds is 11. The van der Waals surface area contributed by atoms with E-state index >= 15 is 0 Å². The van der Waals surface area contributed by atoms with Crippen LogP contribution in [0.3, 0.4) is 0 Å². The first-order valence-electron chi connectivity index (χ1n) is 14.9. The minimum absolute atomic E-state index is 0.0887. The second-order valence-corrected chi connectivity index (χ2v) is 10.9. The van der Waals surface area contributed by atoms with Crippen LogP contribution in [-0.2, 0) is 4.79 Å². The Kier molecular flexibility index (Phi) is 8.70. The van der Waals surface area contributed by atoms with E-state index in [1.807, 2.05) is 53.6 Å². The van der Waals surface area contributed by atoms with Gasteiger partial charge in [-0.05, 0) is 72.1 Å². The van der Waals surface area contributed by atoms with E-state index in [1.165, 1.54) is 17.6 Å². The molecule has 4 aromatic rings. The molecule has 1 saturated carbocycles. The highest BCUT2D eigenvalue weighted by atomic mass is 19.1. The number of hydrogen-bond acceptors (Lipinski definition) is 5. The van der Waals surface area contributed by atoms with E-state index in [4.69, 9.17) is 4.74 Å². The molecule has 0 radical (unpaired) electrons. The molecule has 0 spiro atoms. The lowest BCUT2D eigenvalue weighted by molar-refractivity contribution is -0.125. The maximum Gasteiger partial charge on any atom is 0.246 e. The van der Waals surface area contributed by atoms with Gasteiger partial charge in [0, 0.05) is 50.1 Å². The number of allylic oxidation sites excluding steroid dienone is 1. The number of aromatic nitrogens is 3. The number of H-pyrrole nitrogens is 1. The number of pyridine rings is 1. The number of nitrogens with zero attached hydrogens (tertiary/aromatic N) is 3. The molecule has 2 aliphatic rings. The summed E-state index contributed by atoms with van der Waals surface area (Å²) in [6.45, 7) is 3.41. The van der Waals surface area contributed by atoms with Crippen LogP contribution in [-0.4, -0.2) is 58.8 Å². The summed E-state index contributed by atoms with van der Waals surface area (Å²) in [6.07, 6.45) is 11.0. The molecule has 8 heteroatoms. The highest BCUT2D eigenvalue weighted by Crippen LogP contribution is 2.45. The van der Waals surface area contributed by atoms with Crippen molar-refractivity contribution in [3.63, 3.8) is 0 Å². The largest absolute Gasteiger partial charge is 0.476 e. The maximum atomic E-state index is 14.5. The minimum Gasteiger partial charge on any atom is -0.476 e. The fourth-order valence-corrected chi connectivity index (χ4v) is 5.74. The van der Waals surface area contributed by atoms with E-state index < -0.39 is 5.95 Å². The number of carbonyl (C=O) groups is 1. The molecule has 0 bridgehead atoms. The molecule has 1 saturated heterocycles. The fourth-order valence-electron chi connectivity index (χ4n) is 5.74. The van der Waals surface area contributed by atoms with Crippen molar-refractivity contribution in [2.45, 2.75) is 32.1 Å². The number of hydrogen-bond donors (Lipinski definition) is 2. The Morgan fingerprint density at radius 1 is 1.02 bits per heavy atom. The van der Waals surface area contributed by atoms with Crippen molar-refractivity contribution in [1.29, 1.82) is 0 Å². The zero-order valence-corrected chi connectivity index (χ0v) is 23.7. The number of benzene rings is 2. The molecular formula is C34H36FN5O2. The van der Waals surface area contributed by atoms with E-state index in [9.17, 15) is 9.18 Å². The molecule has 2 N–H and O–H groups in total. The third-order valence-electron chi connectivity index (χ3n) is 8.16. The monoisotopic (exact) mass is 565 g/mol. The van der Waals surface area contributed by atoms with Gasteiger partial charge in [-0.25, -0.2) is 4.98 Å². The number of aromatic amines is 1. The Balaban J connectivity index is 1.18. The van der Waals surface area contributed by atoms with Crippen molar-refractivity contribution >= 4 is 28.0 Å². The van der Waals surface area contributed by atoms with Crippen LogP contribution in [0.5, 0.6) is 5.88 Å². The first-order valence-corrected chi connectivity index (χ1v) is 14.9. The van der Waals surface area contributed by atoms with E-state index in [0.29, 0.717) is 42.4 Å². The molecule has 3 heterocycles. The predicted molar refractivity (Wildman–Crippen MR) is 163 cm³/mol. The molecule has 2 aromatic carbocycles.